The Morgan fingerprint density at radius 2 is 1.65 bits per heavy atom. The summed E-state index contributed by atoms with van der Waals surface area (Å²) in [5.74, 6) is 0. The fourth-order valence-corrected chi connectivity index (χ4v) is 5.08. The number of aryl methyl sites for hydroxylation is 2. The number of thiophene rings is 1. The monoisotopic (exact) mass is 348 g/mol. The first kappa shape index (κ1) is 16.7. The first-order valence-electron chi connectivity index (χ1n) is 8.64. The third-order valence-electron chi connectivity index (χ3n) is 4.73. The van der Waals surface area contributed by atoms with Crippen LogP contribution in [0.1, 0.15) is 61.8 Å². The standard InChI is InChI=1S/C18H24N2OS2/c1-2-20-17(21)15-13-11-9-7-5-3-4-6-8-10-12-14(13)23-16(15)19-18(20)22/h2H,1,3-12H2,(H,19,22). The maximum absolute atomic E-state index is 12.8. The second-order valence-corrected chi connectivity index (χ2v) is 7.82. The lowest BCUT2D eigenvalue weighted by molar-refractivity contribution is 0.562. The summed E-state index contributed by atoms with van der Waals surface area (Å²) in [7, 11) is 0. The molecule has 0 unspecified atom stereocenters. The van der Waals surface area contributed by atoms with E-state index in [-0.39, 0.29) is 5.56 Å². The van der Waals surface area contributed by atoms with Crippen molar-refractivity contribution in [2.24, 2.45) is 0 Å². The Hall–Kier alpha value is -1.20. The van der Waals surface area contributed by atoms with Gasteiger partial charge in [-0.3, -0.25) is 9.36 Å². The summed E-state index contributed by atoms with van der Waals surface area (Å²) in [5, 5.41) is 0.843. The molecule has 0 saturated carbocycles. The van der Waals surface area contributed by atoms with E-state index < -0.39 is 0 Å². The minimum Gasteiger partial charge on any atom is -0.323 e. The molecular formula is C18H24N2OS2. The molecule has 0 atom stereocenters. The van der Waals surface area contributed by atoms with E-state index in [1.165, 1.54) is 72.6 Å². The van der Waals surface area contributed by atoms with Crippen LogP contribution in [0.4, 0.5) is 0 Å². The van der Waals surface area contributed by atoms with E-state index in [9.17, 15) is 4.79 Å². The van der Waals surface area contributed by atoms with E-state index in [1.807, 2.05) is 0 Å². The predicted molar refractivity (Wildman–Crippen MR) is 102 cm³/mol. The Morgan fingerprint density at radius 3 is 2.30 bits per heavy atom. The van der Waals surface area contributed by atoms with E-state index in [0.29, 0.717) is 4.77 Å². The van der Waals surface area contributed by atoms with Crippen molar-refractivity contribution < 1.29 is 0 Å². The molecule has 0 aromatic carbocycles. The van der Waals surface area contributed by atoms with Gasteiger partial charge in [-0.25, -0.2) is 0 Å². The van der Waals surface area contributed by atoms with Crippen molar-refractivity contribution in [3.63, 3.8) is 0 Å². The minimum absolute atomic E-state index is 0.0108. The lowest BCUT2D eigenvalue weighted by Gasteiger charge is -2.08. The molecule has 3 nitrogen and oxygen atoms in total. The lowest BCUT2D eigenvalue weighted by atomic mass is 9.99. The van der Waals surface area contributed by atoms with E-state index in [4.69, 9.17) is 12.2 Å². The van der Waals surface area contributed by atoms with Gasteiger partial charge in [-0.15, -0.1) is 11.3 Å². The largest absolute Gasteiger partial charge is 0.323 e. The van der Waals surface area contributed by atoms with Crippen molar-refractivity contribution in [1.82, 2.24) is 9.55 Å². The van der Waals surface area contributed by atoms with Crippen molar-refractivity contribution >= 4 is 40.0 Å². The van der Waals surface area contributed by atoms with Crippen LogP contribution in [0.25, 0.3) is 16.4 Å². The number of nitrogens with one attached hydrogen (secondary N) is 1. The predicted octanol–water partition coefficient (Wildman–Crippen LogP) is 5.44. The summed E-state index contributed by atoms with van der Waals surface area (Å²) in [4.78, 5) is 18.4. The summed E-state index contributed by atoms with van der Waals surface area (Å²) < 4.78 is 1.90. The summed E-state index contributed by atoms with van der Waals surface area (Å²) in [5.41, 5.74) is 1.25. The third-order valence-corrected chi connectivity index (χ3v) is 6.23. The zero-order valence-corrected chi connectivity index (χ0v) is 15.2. The molecule has 2 heterocycles. The summed E-state index contributed by atoms with van der Waals surface area (Å²) in [6.45, 7) is 3.72. The summed E-state index contributed by atoms with van der Waals surface area (Å²) >= 11 is 7.01. The molecule has 1 aliphatic rings. The normalized spacial score (nSPS) is 17.2. The Labute approximate surface area is 146 Å². The number of fused-ring (bicyclic) bond motifs is 3. The Morgan fingerprint density at radius 1 is 1.04 bits per heavy atom. The number of rotatable bonds is 1. The van der Waals surface area contributed by atoms with Crippen LogP contribution in [0.5, 0.6) is 0 Å². The van der Waals surface area contributed by atoms with Crippen molar-refractivity contribution in [1.29, 1.82) is 0 Å². The maximum Gasteiger partial charge on any atom is 0.267 e. The molecule has 1 aliphatic carbocycles. The Bertz CT molecular complexity index is 813. The van der Waals surface area contributed by atoms with Gasteiger partial charge in [0.1, 0.15) is 4.83 Å². The van der Waals surface area contributed by atoms with E-state index in [0.717, 1.165) is 23.1 Å². The average Bonchev–Trinajstić information content (AvgIpc) is 2.85. The van der Waals surface area contributed by atoms with Gasteiger partial charge < -0.3 is 4.98 Å². The zero-order valence-electron chi connectivity index (χ0n) is 13.5. The molecule has 23 heavy (non-hydrogen) atoms. The molecular weight excluding hydrogens is 324 g/mol. The van der Waals surface area contributed by atoms with E-state index >= 15 is 0 Å². The molecule has 3 rings (SSSR count). The highest BCUT2D eigenvalue weighted by atomic mass is 32.1. The molecule has 124 valence electrons. The lowest BCUT2D eigenvalue weighted by Crippen LogP contribution is -2.17. The second-order valence-electron chi connectivity index (χ2n) is 6.32. The fourth-order valence-electron chi connectivity index (χ4n) is 3.48. The number of nitrogens with zero attached hydrogens (tertiary/aromatic N) is 1. The number of aromatic nitrogens is 2. The number of aromatic amines is 1. The van der Waals surface area contributed by atoms with Gasteiger partial charge in [-0.2, -0.15) is 0 Å². The number of H-pyrrole nitrogens is 1. The van der Waals surface area contributed by atoms with Gasteiger partial charge in [0.25, 0.3) is 5.56 Å². The quantitative estimate of drug-likeness (QED) is 0.697. The molecule has 0 amide bonds. The van der Waals surface area contributed by atoms with Gasteiger partial charge in [-0.1, -0.05) is 45.1 Å². The first-order chi connectivity index (χ1) is 11.2. The highest BCUT2D eigenvalue weighted by molar-refractivity contribution is 7.71. The molecule has 1 N–H and O–H groups in total. The van der Waals surface area contributed by atoms with Gasteiger partial charge in [0.15, 0.2) is 4.77 Å². The van der Waals surface area contributed by atoms with E-state index in [2.05, 4.69) is 11.6 Å². The van der Waals surface area contributed by atoms with Crippen molar-refractivity contribution in [2.75, 3.05) is 0 Å². The van der Waals surface area contributed by atoms with Crippen LogP contribution < -0.4 is 5.56 Å². The first-order valence-corrected chi connectivity index (χ1v) is 9.86. The Kier molecular flexibility index (Phi) is 5.49. The Balaban J connectivity index is 2.09. The molecule has 0 aliphatic heterocycles. The van der Waals surface area contributed by atoms with Crippen molar-refractivity contribution in [3.05, 3.63) is 32.1 Å². The third kappa shape index (κ3) is 3.50. The highest BCUT2D eigenvalue weighted by Gasteiger charge is 2.17. The van der Waals surface area contributed by atoms with Gasteiger partial charge in [0.05, 0.1) is 5.39 Å². The summed E-state index contributed by atoms with van der Waals surface area (Å²) in [6, 6.07) is 0. The fraction of sp³-hybridized carbons (Fsp3) is 0.556. The van der Waals surface area contributed by atoms with Crippen molar-refractivity contribution in [3.8, 4) is 0 Å². The minimum atomic E-state index is -0.0108. The van der Waals surface area contributed by atoms with Gasteiger partial charge >= 0.3 is 0 Å². The second kappa shape index (κ2) is 7.58. The topological polar surface area (TPSA) is 37.8 Å². The smallest absolute Gasteiger partial charge is 0.267 e. The molecule has 0 radical (unpaired) electrons. The van der Waals surface area contributed by atoms with Crippen LogP contribution in [0.15, 0.2) is 11.4 Å². The van der Waals surface area contributed by atoms with Crippen LogP contribution in [0.3, 0.4) is 0 Å². The van der Waals surface area contributed by atoms with Crippen LogP contribution in [0, 0.1) is 4.77 Å². The highest BCUT2D eigenvalue weighted by Crippen LogP contribution is 2.31. The van der Waals surface area contributed by atoms with E-state index in [1.54, 1.807) is 11.3 Å². The molecule has 5 heteroatoms. The number of hydrogen-bond acceptors (Lipinski definition) is 3. The maximum atomic E-state index is 12.8. The van der Waals surface area contributed by atoms with Crippen LogP contribution in [-0.4, -0.2) is 9.55 Å². The molecule has 0 spiro atoms. The van der Waals surface area contributed by atoms with Crippen molar-refractivity contribution in [2.45, 2.75) is 64.2 Å². The molecule has 2 aromatic heterocycles. The molecule has 2 aromatic rings. The van der Waals surface area contributed by atoms with Gasteiger partial charge in [-0.05, 0) is 43.5 Å². The van der Waals surface area contributed by atoms with Crippen LogP contribution in [0.2, 0.25) is 0 Å². The zero-order chi connectivity index (χ0) is 16.2. The van der Waals surface area contributed by atoms with Gasteiger partial charge in [0, 0.05) is 11.1 Å². The SMILES string of the molecule is C=Cn1c(=S)[nH]c2sc3c(c2c1=O)CCCCCCCCCC3. The summed E-state index contributed by atoms with van der Waals surface area (Å²) in [6.07, 6.45) is 13.9. The van der Waals surface area contributed by atoms with Crippen LogP contribution in [-0.2, 0) is 12.8 Å². The van der Waals surface area contributed by atoms with Crippen LogP contribution >= 0.6 is 23.6 Å². The molecule has 0 bridgehead atoms. The average molecular weight is 349 g/mol. The molecule has 0 saturated heterocycles. The van der Waals surface area contributed by atoms with Gasteiger partial charge in [0.2, 0.25) is 0 Å². The number of hydrogen-bond donors (Lipinski definition) is 1. The molecule has 0 fully saturated rings.